The maximum absolute atomic E-state index is 13.7. The lowest BCUT2D eigenvalue weighted by atomic mass is 9.99. The summed E-state index contributed by atoms with van der Waals surface area (Å²) in [5.41, 5.74) is 6.12. The number of aromatic nitrogens is 5. The number of H-pyrrole nitrogens is 1. The van der Waals surface area contributed by atoms with E-state index < -0.39 is 0 Å². The molecule has 4 aromatic rings. The number of nitrogens with zero attached hydrogens (tertiary/aromatic N) is 6. The third-order valence-electron chi connectivity index (χ3n) is 8.24. The lowest BCUT2D eigenvalue weighted by Crippen LogP contribution is -2.49. The number of hydrogen-bond donors (Lipinski definition) is 1. The largest absolute Gasteiger partial charge is 0.369 e. The van der Waals surface area contributed by atoms with E-state index in [1.165, 1.54) is 29.7 Å². The number of tetrazole rings is 1. The van der Waals surface area contributed by atoms with Crippen LogP contribution in [-0.2, 0) is 0 Å². The zero-order valence-electron chi connectivity index (χ0n) is 22.2. The van der Waals surface area contributed by atoms with Crippen LogP contribution in [0, 0.1) is 20.8 Å². The number of piperazine rings is 1. The van der Waals surface area contributed by atoms with Crippen molar-refractivity contribution in [3.05, 3.63) is 79.9 Å². The molecule has 0 amide bonds. The standard InChI is InChI=1S/C29H34ClN7O/c1-18-14-20(3)26-21(15-18)16-24(29(38)31-26)27(28-32-33-34-37(28)23-6-4-5-7-23)36-12-10-35(11-13-36)25-17-22(30)9-8-19(25)2/h8-9,14-17,23,27H,4-7,10-13H2,1-3H3,(H,31,38)/t27-/m1/s1. The van der Waals surface area contributed by atoms with Gasteiger partial charge in [0.15, 0.2) is 5.82 Å². The Balaban J connectivity index is 1.41. The molecule has 1 saturated heterocycles. The number of aromatic amines is 1. The number of aryl methyl sites for hydroxylation is 3. The molecule has 1 saturated carbocycles. The van der Waals surface area contributed by atoms with Crippen LogP contribution < -0.4 is 10.5 Å². The third kappa shape index (κ3) is 4.60. The van der Waals surface area contributed by atoms with Gasteiger partial charge in [-0.3, -0.25) is 9.69 Å². The first kappa shape index (κ1) is 25.1. The number of hydrogen-bond acceptors (Lipinski definition) is 6. The minimum absolute atomic E-state index is 0.0801. The van der Waals surface area contributed by atoms with Gasteiger partial charge in [-0.25, -0.2) is 4.68 Å². The van der Waals surface area contributed by atoms with E-state index in [1.807, 2.05) is 23.7 Å². The van der Waals surface area contributed by atoms with E-state index in [9.17, 15) is 4.79 Å². The monoisotopic (exact) mass is 531 g/mol. The number of pyridine rings is 1. The van der Waals surface area contributed by atoms with Gasteiger partial charge in [-0.1, -0.05) is 42.1 Å². The second-order valence-electron chi connectivity index (χ2n) is 10.9. The minimum Gasteiger partial charge on any atom is -0.369 e. The Morgan fingerprint density at radius 3 is 2.50 bits per heavy atom. The molecule has 9 heteroatoms. The molecule has 2 aromatic heterocycles. The molecular weight excluding hydrogens is 498 g/mol. The van der Waals surface area contributed by atoms with Gasteiger partial charge in [0.1, 0.15) is 6.04 Å². The highest BCUT2D eigenvalue weighted by Gasteiger charge is 2.35. The van der Waals surface area contributed by atoms with Crippen LogP contribution in [0.15, 0.2) is 41.2 Å². The number of anilines is 1. The second-order valence-corrected chi connectivity index (χ2v) is 11.3. The van der Waals surface area contributed by atoms with Gasteiger partial charge in [0.05, 0.1) is 11.6 Å². The molecule has 198 valence electrons. The third-order valence-corrected chi connectivity index (χ3v) is 8.48. The molecule has 0 bridgehead atoms. The SMILES string of the molecule is Cc1cc(C)c2[nH]c(=O)c([C@H](c3nnnn3C3CCCC3)N3CCN(c4cc(Cl)ccc4C)CC3)cc2c1. The van der Waals surface area contributed by atoms with Crippen molar-refractivity contribution in [2.75, 3.05) is 31.1 Å². The smallest absolute Gasteiger partial charge is 0.253 e. The van der Waals surface area contributed by atoms with Crippen molar-refractivity contribution < 1.29 is 0 Å². The van der Waals surface area contributed by atoms with Crippen molar-refractivity contribution in [3.63, 3.8) is 0 Å². The van der Waals surface area contributed by atoms with Crippen molar-refractivity contribution in [1.82, 2.24) is 30.1 Å². The van der Waals surface area contributed by atoms with E-state index in [-0.39, 0.29) is 17.6 Å². The fraction of sp³-hybridized carbons (Fsp3) is 0.448. The number of nitrogens with one attached hydrogen (secondary N) is 1. The highest BCUT2D eigenvalue weighted by molar-refractivity contribution is 6.30. The molecule has 0 radical (unpaired) electrons. The van der Waals surface area contributed by atoms with Gasteiger partial charge in [-0.15, -0.1) is 5.10 Å². The van der Waals surface area contributed by atoms with Crippen LogP contribution in [0.1, 0.15) is 65.8 Å². The normalized spacial score (nSPS) is 17.9. The molecule has 1 aliphatic carbocycles. The Labute approximate surface area is 227 Å². The summed E-state index contributed by atoms with van der Waals surface area (Å²) >= 11 is 6.33. The maximum Gasteiger partial charge on any atom is 0.253 e. The first-order valence-electron chi connectivity index (χ1n) is 13.6. The average molecular weight is 532 g/mol. The number of rotatable bonds is 5. The van der Waals surface area contributed by atoms with Crippen LogP contribution in [0.2, 0.25) is 5.02 Å². The van der Waals surface area contributed by atoms with Crippen molar-refractivity contribution >= 4 is 28.2 Å². The van der Waals surface area contributed by atoms with E-state index in [0.717, 1.165) is 66.3 Å². The fourth-order valence-corrected chi connectivity index (χ4v) is 6.51. The zero-order valence-corrected chi connectivity index (χ0v) is 23.0. The Morgan fingerprint density at radius 1 is 0.974 bits per heavy atom. The van der Waals surface area contributed by atoms with E-state index in [2.05, 4.69) is 68.4 Å². The molecule has 2 fully saturated rings. The first-order valence-corrected chi connectivity index (χ1v) is 13.9. The predicted octanol–water partition coefficient (Wildman–Crippen LogP) is 5.12. The molecule has 38 heavy (non-hydrogen) atoms. The molecule has 2 aliphatic rings. The van der Waals surface area contributed by atoms with E-state index in [4.69, 9.17) is 11.6 Å². The summed E-state index contributed by atoms with van der Waals surface area (Å²) in [6.07, 6.45) is 4.50. The Morgan fingerprint density at radius 2 is 1.74 bits per heavy atom. The lowest BCUT2D eigenvalue weighted by Gasteiger charge is -2.40. The molecule has 6 rings (SSSR count). The Bertz CT molecular complexity index is 1530. The van der Waals surface area contributed by atoms with Gasteiger partial charge < -0.3 is 9.88 Å². The van der Waals surface area contributed by atoms with Crippen molar-refractivity contribution in [1.29, 1.82) is 0 Å². The van der Waals surface area contributed by atoms with E-state index >= 15 is 0 Å². The molecule has 1 aliphatic heterocycles. The van der Waals surface area contributed by atoms with Crippen LogP contribution in [0.4, 0.5) is 5.69 Å². The lowest BCUT2D eigenvalue weighted by molar-refractivity contribution is 0.197. The summed E-state index contributed by atoms with van der Waals surface area (Å²) in [6.45, 7) is 9.46. The number of benzene rings is 2. The summed E-state index contributed by atoms with van der Waals surface area (Å²) in [4.78, 5) is 21.6. The Hall–Kier alpha value is -3.23. The van der Waals surface area contributed by atoms with Crippen molar-refractivity contribution in [2.24, 2.45) is 0 Å². The summed E-state index contributed by atoms with van der Waals surface area (Å²) in [5, 5.41) is 14.9. The van der Waals surface area contributed by atoms with Gasteiger partial charge in [0.25, 0.3) is 5.56 Å². The Kier molecular flexibility index (Phi) is 6.70. The van der Waals surface area contributed by atoms with Gasteiger partial charge in [0.2, 0.25) is 0 Å². The van der Waals surface area contributed by atoms with Crippen LogP contribution >= 0.6 is 11.6 Å². The van der Waals surface area contributed by atoms with Crippen LogP contribution in [0.3, 0.4) is 0 Å². The molecule has 1 atom stereocenters. The molecule has 8 nitrogen and oxygen atoms in total. The molecule has 1 N–H and O–H groups in total. The van der Waals surface area contributed by atoms with Crippen LogP contribution in [0.25, 0.3) is 10.9 Å². The number of fused-ring (bicyclic) bond motifs is 1. The molecule has 2 aromatic carbocycles. The molecule has 3 heterocycles. The maximum atomic E-state index is 13.7. The summed E-state index contributed by atoms with van der Waals surface area (Å²) in [5.74, 6) is 0.763. The molecule has 0 unspecified atom stereocenters. The number of halogens is 1. The zero-order chi connectivity index (χ0) is 26.4. The quantitative estimate of drug-likeness (QED) is 0.385. The van der Waals surface area contributed by atoms with E-state index in [1.54, 1.807) is 0 Å². The van der Waals surface area contributed by atoms with Crippen molar-refractivity contribution in [2.45, 2.75) is 58.5 Å². The van der Waals surface area contributed by atoms with E-state index in [0.29, 0.717) is 5.56 Å². The second kappa shape index (κ2) is 10.2. The highest BCUT2D eigenvalue weighted by Crippen LogP contribution is 2.35. The molecular formula is C29H34ClN7O. The minimum atomic E-state index is -0.331. The van der Waals surface area contributed by atoms with Gasteiger partial charge in [-0.2, -0.15) is 0 Å². The predicted molar refractivity (Wildman–Crippen MR) is 151 cm³/mol. The average Bonchev–Trinajstić information content (AvgIpc) is 3.59. The summed E-state index contributed by atoms with van der Waals surface area (Å²) < 4.78 is 2.00. The van der Waals surface area contributed by atoms with Gasteiger partial charge in [0, 0.05) is 42.5 Å². The van der Waals surface area contributed by atoms with Gasteiger partial charge in [-0.05, 0) is 84.8 Å². The summed E-state index contributed by atoms with van der Waals surface area (Å²) in [7, 11) is 0. The topological polar surface area (TPSA) is 82.9 Å². The first-order chi connectivity index (χ1) is 18.4. The van der Waals surface area contributed by atoms with Crippen molar-refractivity contribution in [3.8, 4) is 0 Å². The van der Waals surface area contributed by atoms with Crippen LogP contribution in [-0.4, -0.2) is 56.3 Å². The van der Waals surface area contributed by atoms with Gasteiger partial charge >= 0.3 is 0 Å². The summed E-state index contributed by atoms with van der Waals surface area (Å²) in [6, 6.07) is 12.3. The molecule has 0 spiro atoms. The highest BCUT2D eigenvalue weighted by atomic mass is 35.5. The fourth-order valence-electron chi connectivity index (χ4n) is 6.34. The van der Waals surface area contributed by atoms with Crippen LogP contribution in [0.5, 0.6) is 0 Å².